The van der Waals surface area contributed by atoms with E-state index in [4.69, 9.17) is 18.6 Å². The number of likely N-dealkylation sites (tertiary alicyclic amines) is 1. The fourth-order valence-corrected chi connectivity index (χ4v) is 8.68. The van der Waals surface area contributed by atoms with Crippen LogP contribution in [0.15, 0.2) is 49.1 Å². The van der Waals surface area contributed by atoms with E-state index >= 15 is 4.39 Å². The van der Waals surface area contributed by atoms with Crippen molar-refractivity contribution in [2.75, 3.05) is 43.5 Å². The number of H-pyrrole nitrogens is 1. The summed E-state index contributed by atoms with van der Waals surface area (Å²) in [5.41, 5.74) is 0.0298. The molecule has 3 atom stereocenters. The molecule has 5 aromatic heterocycles. The van der Waals surface area contributed by atoms with Crippen LogP contribution in [0, 0.1) is 30.0 Å². The van der Waals surface area contributed by atoms with Gasteiger partial charge in [-0.2, -0.15) is 5.26 Å². The Balaban J connectivity index is 1.38. The van der Waals surface area contributed by atoms with Gasteiger partial charge >= 0.3 is 11.9 Å². The van der Waals surface area contributed by atoms with Crippen molar-refractivity contribution < 1.29 is 37.1 Å². The van der Waals surface area contributed by atoms with E-state index in [1.807, 2.05) is 6.07 Å². The van der Waals surface area contributed by atoms with Crippen LogP contribution in [0.25, 0.3) is 44.1 Å². The summed E-state index contributed by atoms with van der Waals surface area (Å²) in [4.78, 5) is 66.7. The van der Waals surface area contributed by atoms with Gasteiger partial charge < -0.3 is 42.4 Å². The molecule has 1 unspecified atom stereocenters. The minimum absolute atomic E-state index is 0.0353. The van der Waals surface area contributed by atoms with Crippen LogP contribution < -0.4 is 26.2 Å². The summed E-state index contributed by atoms with van der Waals surface area (Å²) in [6.07, 6.45) is 4.35. The number of carboxylic acid groups (broad SMARTS) is 1. The number of nitrogens with one attached hydrogen (secondary N) is 1. The number of benzene rings is 1. The van der Waals surface area contributed by atoms with Crippen LogP contribution in [0.2, 0.25) is 0 Å². The van der Waals surface area contributed by atoms with Gasteiger partial charge in [0.15, 0.2) is 11.2 Å². The number of hydrogen-bond acceptors (Lipinski definition) is 12. The average molecular weight is 779 g/mol. The summed E-state index contributed by atoms with van der Waals surface area (Å²) in [5.74, 6) is -2.20. The number of fused-ring (bicyclic) bond motifs is 5. The minimum atomic E-state index is -1.63. The lowest BCUT2D eigenvalue weighted by atomic mass is 9.98. The maximum atomic E-state index is 16.2. The molecule has 294 valence electrons. The molecular weight excluding hydrogens is 739 g/mol. The van der Waals surface area contributed by atoms with Gasteiger partial charge in [0.1, 0.15) is 35.3 Å². The number of quaternary nitrogens is 1. The lowest BCUT2D eigenvalue weighted by Gasteiger charge is -2.33. The van der Waals surface area contributed by atoms with Gasteiger partial charge in [0.2, 0.25) is 5.76 Å². The third kappa shape index (κ3) is 6.16. The lowest BCUT2D eigenvalue weighted by Crippen LogP contribution is -2.45. The largest absolute Gasteiger partial charge is 0.545 e. The van der Waals surface area contributed by atoms with Crippen molar-refractivity contribution in [1.29, 1.82) is 5.26 Å². The van der Waals surface area contributed by atoms with E-state index in [-0.39, 0.29) is 45.1 Å². The molecule has 0 spiro atoms. The van der Waals surface area contributed by atoms with E-state index in [9.17, 15) is 29.5 Å². The Morgan fingerprint density at radius 3 is 2.60 bits per heavy atom. The number of rotatable bonds is 6. The Kier molecular flexibility index (Phi) is 8.54. The van der Waals surface area contributed by atoms with Gasteiger partial charge in [-0.3, -0.25) is 9.69 Å². The van der Waals surface area contributed by atoms with E-state index in [1.54, 1.807) is 53.2 Å². The first-order valence-corrected chi connectivity index (χ1v) is 18.3. The third-order valence-corrected chi connectivity index (χ3v) is 11.1. The number of amides is 1. The monoisotopic (exact) mass is 778 g/mol. The molecule has 0 aliphatic carbocycles. The van der Waals surface area contributed by atoms with Crippen molar-refractivity contribution >= 4 is 56.4 Å². The zero-order valence-electron chi connectivity index (χ0n) is 32.4. The van der Waals surface area contributed by atoms with Gasteiger partial charge in [0, 0.05) is 67.7 Å². The topological polar surface area (TPSA) is 204 Å². The number of carbonyl (C=O) groups excluding carboxylic acids is 2. The molecule has 0 saturated carbocycles. The Labute approximate surface area is 323 Å². The first-order valence-electron chi connectivity index (χ1n) is 18.3. The summed E-state index contributed by atoms with van der Waals surface area (Å²) in [5, 5.41) is 23.0. The zero-order chi connectivity index (χ0) is 40.9. The number of carboxylic acids is 1. The maximum absolute atomic E-state index is 16.2. The molecule has 6 aromatic rings. The van der Waals surface area contributed by atoms with Crippen LogP contribution in [0.3, 0.4) is 0 Å². The SMILES string of the molecule is Cc1oc(=O)oc1C[N+]1(C)C[C@@H]2CCN(c3c(-c4cnc5c(c4)c(=O)c(C(=O)[O-])cn5C)cnc4[nH]c5c(N(C)C(=O)OC(C)(C)C)cc(F)c(C#N)c5c34)[C@@H]2C1. The summed E-state index contributed by atoms with van der Waals surface area (Å²) in [6.45, 7) is 9.17. The van der Waals surface area contributed by atoms with Crippen LogP contribution >= 0.6 is 0 Å². The van der Waals surface area contributed by atoms with E-state index in [2.05, 4.69) is 21.9 Å². The molecule has 1 N–H and O–H groups in total. The normalized spacial score (nSPS) is 19.4. The van der Waals surface area contributed by atoms with Gasteiger partial charge in [-0.25, -0.2) is 23.9 Å². The number of aromatic nitrogens is 4. The number of ether oxygens (including phenoxy) is 1. The van der Waals surface area contributed by atoms with Gasteiger partial charge in [-0.1, -0.05) is 0 Å². The van der Waals surface area contributed by atoms with Crippen molar-refractivity contribution in [1.82, 2.24) is 19.5 Å². The second-order valence-electron chi connectivity index (χ2n) is 16.3. The Morgan fingerprint density at radius 2 is 1.93 bits per heavy atom. The highest BCUT2D eigenvalue weighted by atomic mass is 19.1. The summed E-state index contributed by atoms with van der Waals surface area (Å²) < 4.78 is 34.3. The number of anilines is 2. The Bertz CT molecular complexity index is 2860. The lowest BCUT2D eigenvalue weighted by molar-refractivity contribution is -0.913. The van der Waals surface area contributed by atoms with Crippen molar-refractivity contribution in [2.45, 2.75) is 52.3 Å². The van der Waals surface area contributed by atoms with Crippen molar-refractivity contribution in [3.8, 4) is 17.2 Å². The molecule has 16 nitrogen and oxygen atoms in total. The molecule has 2 aliphatic heterocycles. The van der Waals surface area contributed by atoms with E-state index < -0.39 is 40.3 Å². The van der Waals surface area contributed by atoms with Gasteiger partial charge in [-0.05, 0) is 40.2 Å². The highest BCUT2D eigenvalue weighted by Crippen LogP contribution is 2.48. The summed E-state index contributed by atoms with van der Waals surface area (Å²) >= 11 is 0. The molecular formula is C40H39FN8O8. The number of hydrogen-bond donors (Lipinski definition) is 1. The molecule has 0 bridgehead atoms. The molecule has 17 heteroatoms. The number of halogens is 1. The van der Waals surface area contributed by atoms with Crippen LogP contribution in [0.4, 0.5) is 20.6 Å². The number of aromatic carboxylic acids is 1. The van der Waals surface area contributed by atoms with Crippen LogP contribution in [0.5, 0.6) is 0 Å². The molecule has 1 amide bonds. The highest BCUT2D eigenvalue weighted by Gasteiger charge is 2.50. The number of aryl methyl sites for hydroxylation is 2. The van der Waals surface area contributed by atoms with E-state index in [1.165, 1.54) is 16.5 Å². The maximum Gasteiger partial charge on any atom is 0.519 e. The zero-order valence-corrected chi connectivity index (χ0v) is 32.4. The summed E-state index contributed by atoms with van der Waals surface area (Å²) in [7, 11) is 5.11. The smallest absolute Gasteiger partial charge is 0.519 e. The van der Waals surface area contributed by atoms with Crippen LogP contribution in [0.1, 0.15) is 54.6 Å². The molecule has 8 rings (SSSR count). The van der Waals surface area contributed by atoms with Crippen molar-refractivity contribution in [3.05, 3.63) is 80.0 Å². The average Bonchev–Trinajstić information content (AvgIpc) is 3.88. The second-order valence-corrected chi connectivity index (χ2v) is 16.3. The highest BCUT2D eigenvalue weighted by molar-refractivity contribution is 6.21. The fraction of sp³-hybridized carbons (Fsp3) is 0.375. The van der Waals surface area contributed by atoms with Crippen LogP contribution in [-0.2, 0) is 18.3 Å². The Hall–Kier alpha value is -6.54. The first kappa shape index (κ1) is 37.4. The molecule has 1 aromatic carbocycles. The molecule has 57 heavy (non-hydrogen) atoms. The molecule has 7 heterocycles. The van der Waals surface area contributed by atoms with E-state index in [0.717, 1.165) is 25.2 Å². The second kappa shape index (κ2) is 13.0. The number of aromatic amines is 1. The standard InChI is InChI=1S/C40H39FN8O8/c1-19-29(56-39(54)55-19)18-49(7)16-20-8-9-48(28(20)17-49)33-24(21-10-22-34(50)25(37(51)52)15-46(5)36(22)44-13-21)14-43-35-31(33)30-23(12-42)26(41)11-27(32(30)45-35)47(6)38(53)57-40(2,3)4/h10-11,13-15,20,28H,8-9,16-18H2,1-7H3,(H-,43,45,51,52)/t20-,28+,49?/m0/s1. The number of likely N-dealkylation sites (N-methyl/N-ethyl adjacent to an activating group) is 1. The fourth-order valence-electron chi connectivity index (χ4n) is 8.68. The molecule has 2 aliphatic rings. The number of carbonyl (C=O) groups is 2. The van der Waals surface area contributed by atoms with E-state index in [0.29, 0.717) is 63.5 Å². The van der Waals surface area contributed by atoms with Crippen molar-refractivity contribution in [2.24, 2.45) is 13.0 Å². The quantitative estimate of drug-likeness (QED) is 0.238. The van der Waals surface area contributed by atoms with Crippen molar-refractivity contribution in [3.63, 3.8) is 0 Å². The number of pyridine rings is 3. The minimum Gasteiger partial charge on any atom is -0.545 e. The first-order chi connectivity index (χ1) is 26.9. The van der Waals surface area contributed by atoms with Gasteiger partial charge in [0.25, 0.3) is 0 Å². The molecule has 2 fully saturated rings. The van der Waals surface area contributed by atoms with Gasteiger partial charge in [-0.15, -0.1) is 0 Å². The Morgan fingerprint density at radius 1 is 1.18 bits per heavy atom. The third-order valence-electron chi connectivity index (χ3n) is 11.1. The predicted octanol–water partition coefficient (Wildman–Crippen LogP) is 4.09. The van der Waals surface area contributed by atoms with Gasteiger partial charge in [0.05, 0.1) is 70.9 Å². The molecule has 0 radical (unpaired) electrons. The number of nitrogens with zero attached hydrogens (tertiary/aromatic N) is 7. The number of nitriles is 1. The van der Waals surface area contributed by atoms with Crippen LogP contribution in [-0.4, -0.2) is 81.4 Å². The summed E-state index contributed by atoms with van der Waals surface area (Å²) in [6, 6.07) is 4.60. The predicted molar refractivity (Wildman–Crippen MR) is 204 cm³/mol. The molecule has 2 saturated heterocycles.